The third kappa shape index (κ3) is 6.69. The molecule has 3 aromatic carbocycles. The molecule has 1 aliphatic rings. The van der Waals surface area contributed by atoms with Crippen molar-refractivity contribution in [2.75, 3.05) is 34.4 Å². The molecular weight excluding hydrogens is 518 g/mol. The van der Waals surface area contributed by atoms with Gasteiger partial charge in [-0.2, -0.15) is 0 Å². The zero-order chi connectivity index (χ0) is 28.4. The van der Waals surface area contributed by atoms with Gasteiger partial charge in [-0.25, -0.2) is 8.42 Å². The lowest BCUT2D eigenvalue weighted by molar-refractivity contribution is -0.116. The van der Waals surface area contributed by atoms with Crippen molar-refractivity contribution in [2.45, 2.75) is 39.2 Å². The van der Waals surface area contributed by atoms with Gasteiger partial charge in [0.1, 0.15) is 19.3 Å². The zero-order valence-corrected chi connectivity index (χ0v) is 23.5. The monoisotopic (exact) mass is 551 g/mol. The van der Waals surface area contributed by atoms with Crippen molar-refractivity contribution in [1.29, 1.82) is 0 Å². The maximum atomic E-state index is 13.2. The molecular formula is C29H33N3O6S. The molecule has 2 N–H and O–H groups in total. The standard InChI is InChI=1S/C29H33N3O6S/c1-19(32(39(5,35)36)24-13-14-25-26(18-24)38-16-15-37-25)27(33)30-22-7-6-8-23(17-22)31-28(34)20-9-11-21(12-10-20)29(2,3)4/h6-14,17-19H,15-16H2,1-5H3,(H,30,33)(H,31,34). The lowest BCUT2D eigenvalue weighted by Crippen LogP contribution is -2.45. The summed E-state index contributed by atoms with van der Waals surface area (Å²) in [7, 11) is -3.83. The molecule has 0 saturated heterocycles. The Morgan fingerprint density at radius 2 is 1.49 bits per heavy atom. The number of fused-ring (bicyclic) bond motifs is 1. The molecule has 1 atom stereocenters. The van der Waals surface area contributed by atoms with Crippen LogP contribution in [0.5, 0.6) is 11.5 Å². The van der Waals surface area contributed by atoms with Crippen molar-refractivity contribution >= 4 is 38.9 Å². The summed E-state index contributed by atoms with van der Waals surface area (Å²) in [4.78, 5) is 26.0. The average Bonchev–Trinajstić information content (AvgIpc) is 2.87. The van der Waals surface area contributed by atoms with Gasteiger partial charge in [0.05, 0.1) is 11.9 Å². The van der Waals surface area contributed by atoms with Crippen molar-refractivity contribution in [2.24, 2.45) is 0 Å². The van der Waals surface area contributed by atoms with E-state index in [2.05, 4.69) is 31.4 Å². The highest BCUT2D eigenvalue weighted by Gasteiger charge is 2.30. The van der Waals surface area contributed by atoms with Crippen molar-refractivity contribution in [1.82, 2.24) is 0 Å². The van der Waals surface area contributed by atoms with E-state index in [9.17, 15) is 18.0 Å². The van der Waals surface area contributed by atoms with Gasteiger partial charge >= 0.3 is 0 Å². The lowest BCUT2D eigenvalue weighted by Gasteiger charge is -2.29. The first-order valence-electron chi connectivity index (χ1n) is 12.5. The minimum absolute atomic E-state index is 0.0204. The molecule has 0 aromatic heterocycles. The normalized spacial score (nSPS) is 13.8. The van der Waals surface area contributed by atoms with Crippen LogP contribution in [-0.4, -0.2) is 45.7 Å². The van der Waals surface area contributed by atoms with Gasteiger partial charge in [0.15, 0.2) is 11.5 Å². The van der Waals surface area contributed by atoms with E-state index >= 15 is 0 Å². The van der Waals surface area contributed by atoms with Crippen LogP contribution in [-0.2, 0) is 20.2 Å². The second-order valence-electron chi connectivity index (χ2n) is 10.4. The van der Waals surface area contributed by atoms with Crippen molar-refractivity contribution in [3.63, 3.8) is 0 Å². The predicted octanol–water partition coefficient (Wildman–Crippen LogP) is 4.80. The van der Waals surface area contributed by atoms with Crippen LogP contribution in [0.4, 0.5) is 17.1 Å². The van der Waals surface area contributed by atoms with Gasteiger partial charge in [-0.05, 0) is 60.4 Å². The van der Waals surface area contributed by atoms with Crippen LogP contribution in [0.3, 0.4) is 0 Å². The Bertz CT molecular complexity index is 1480. The molecule has 0 radical (unpaired) electrons. The summed E-state index contributed by atoms with van der Waals surface area (Å²) < 4.78 is 37.5. The van der Waals surface area contributed by atoms with Crippen LogP contribution in [0.1, 0.15) is 43.6 Å². The molecule has 1 unspecified atom stereocenters. The number of carbonyl (C=O) groups excluding carboxylic acids is 2. The number of anilines is 3. The van der Waals surface area contributed by atoms with E-state index in [0.29, 0.717) is 41.7 Å². The molecule has 0 saturated carbocycles. The minimum Gasteiger partial charge on any atom is -0.486 e. The van der Waals surface area contributed by atoms with Crippen LogP contribution >= 0.6 is 0 Å². The number of rotatable bonds is 7. The number of nitrogens with zero attached hydrogens (tertiary/aromatic N) is 1. The van der Waals surface area contributed by atoms with E-state index in [1.54, 1.807) is 54.6 Å². The van der Waals surface area contributed by atoms with Gasteiger partial charge in [-0.15, -0.1) is 0 Å². The maximum absolute atomic E-state index is 13.2. The van der Waals surface area contributed by atoms with Crippen LogP contribution in [0.25, 0.3) is 0 Å². The van der Waals surface area contributed by atoms with Gasteiger partial charge in [-0.3, -0.25) is 13.9 Å². The highest BCUT2D eigenvalue weighted by Crippen LogP contribution is 2.35. The summed E-state index contributed by atoms with van der Waals surface area (Å²) in [5.41, 5.74) is 2.78. The lowest BCUT2D eigenvalue weighted by atomic mass is 9.87. The Hall–Kier alpha value is -4.05. The Balaban J connectivity index is 1.48. The van der Waals surface area contributed by atoms with E-state index in [0.717, 1.165) is 16.1 Å². The molecule has 3 aromatic rings. The van der Waals surface area contributed by atoms with E-state index in [4.69, 9.17) is 9.47 Å². The van der Waals surface area contributed by atoms with Gasteiger partial charge < -0.3 is 20.1 Å². The van der Waals surface area contributed by atoms with E-state index in [1.165, 1.54) is 6.92 Å². The van der Waals surface area contributed by atoms with Crippen LogP contribution in [0.2, 0.25) is 0 Å². The molecule has 0 spiro atoms. The number of hydrogen-bond acceptors (Lipinski definition) is 6. The summed E-state index contributed by atoms with van der Waals surface area (Å²) in [6.45, 7) is 8.57. The smallest absolute Gasteiger partial charge is 0.255 e. The fraction of sp³-hybridized carbons (Fsp3) is 0.310. The number of sulfonamides is 1. The molecule has 0 fully saturated rings. The number of hydrogen-bond donors (Lipinski definition) is 2. The van der Waals surface area contributed by atoms with Gasteiger partial charge in [0.25, 0.3) is 5.91 Å². The number of amides is 2. The van der Waals surface area contributed by atoms with Crippen LogP contribution in [0, 0.1) is 0 Å². The summed E-state index contributed by atoms with van der Waals surface area (Å²) in [6, 6.07) is 17.7. The SMILES string of the molecule is CC(C(=O)Nc1cccc(NC(=O)c2ccc(C(C)(C)C)cc2)c1)N(c1ccc2c(c1)OCCO2)S(C)(=O)=O. The molecule has 9 nitrogen and oxygen atoms in total. The quantitative estimate of drug-likeness (QED) is 0.436. The van der Waals surface area contributed by atoms with E-state index < -0.39 is 22.0 Å². The maximum Gasteiger partial charge on any atom is 0.255 e. The molecule has 10 heteroatoms. The molecule has 2 amide bonds. The molecule has 1 aliphatic heterocycles. The fourth-order valence-corrected chi connectivity index (χ4v) is 5.39. The topological polar surface area (TPSA) is 114 Å². The highest BCUT2D eigenvalue weighted by atomic mass is 32.2. The third-order valence-corrected chi connectivity index (χ3v) is 7.51. The number of carbonyl (C=O) groups is 2. The first-order chi connectivity index (χ1) is 18.3. The van der Waals surface area contributed by atoms with Crippen molar-refractivity contribution in [3.8, 4) is 11.5 Å². The highest BCUT2D eigenvalue weighted by molar-refractivity contribution is 7.92. The van der Waals surface area contributed by atoms with Crippen LogP contribution in [0.15, 0.2) is 66.7 Å². The third-order valence-electron chi connectivity index (χ3n) is 6.27. The molecule has 0 bridgehead atoms. The second-order valence-corrected chi connectivity index (χ2v) is 12.3. The van der Waals surface area contributed by atoms with E-state index in [-0.39, 0.29) is 17.0 Å². The molecule has 1 heterocycles. The Morgan fingerprint density at radius 1 is 0.872 bits per heavy atom. The van der Waals surface area contributed by atoms with Gasteiger partial charge in [0, 0.05) is 23.0 Å². The Labute approximate surface area is 229 Å². The predicted molar refractivity (Wildman–Crippen MR) is 152 cm³/mol. The van der Waals surface area contributed by atoms with Crippen molar-refractivity contribution in [3.05, 3.63) is 77.9 Å². The number of benzene rings is 3. The second kappa shape index (κ2) is 11.0. The molecule has 4 rings (SSSR count). The van der Waals surface area contributed by atoms with E-state index in [1.807, 2.05) is 12.1 Å². The van der Waals surface area contributed by atoms with Crippen LogP contribution < -0.4 is 24.4 Å². The first kappa shape index (κ1) is 28.0. The largest absolute Gasteiger partial charge is 0.486 e. The number of nitrogens with one attached hydrogen (secondary N) is 2. The molecule has 0 aliphatic carbocycles. The Kier molecular flexibility index (Phi) is 7.87. The summed E-state index contributed by atoms with van der Waals surface area (Å²) in [6.07, 6.45) is 1.04. The first-order valence-corrected chi connectivity index (χ1v) is 14.4. The molecule has 39 heavy (non-hydrogen) atoms. The Morgan fingerprint density at radius 3 is 2.10 bits per heavy atom. The van der Waals surface area contributed by atoms with Gasteiger partial charge in [-0.1, -0.05) is 39.0 Å². The summed E-state index contributed by atoms with van der Waals surface area (Å²) in [5.74, 6) is 0.0989. The average molecular weight is 552 g/mol. The zero-order valence-electron chi connectivity index (χ0n) is 22.6. The number of ether oxygens (including phenoxy) is 2. The van der Waals surface area contributed by atoms with Gasteiger partial charge in [0.2, 0.25) is 15.9 Å². The van der Waals surface area contributed by atoms with Crippen molar-refractivity contribution < 1.29 is 27.5 Å². The summed E-state index contributed by atoms with van der Waals surface area (Å²) in [5, 5.41) is 5.59. The summed E-state index contributed by atoms with van der Waals surface area (Å²) >= 11 is 0. The fourth-order valence-electron chi connectivity index (χ4n) is 4.22. The molecule has 206 valence electrons. The minimum atomic E-state index is -3.83.